The lowest BCUT2D eigenvalue weighted by Gasteiger charge is -2.31. The molecule has 1 N–H and O–H groups in total. The van der Waals surface area contributed by atoms with E-state index in [4.69, 9.17) is 16.3 Å². The van der Waals surface area contributed by atoms with Crippen LogP contribution >= 0.6 is 11.6 Å². The molecule has 3 rings (SSSR count). The van der Waals surface area contributed by atoms with Gasteiger partial charge in [-0.15, -0.1) is 0 Å². The highest BCUT2D eigenvalue weighted by Gasteiger charge is 2.30. The first-order chi connectivity index (χ1) is 14.6. The van der Waals surface area contributed by atoms with Crippen LogP contribution < -0.4 is 5.32 Å². The van der Waals surface area contributed by atoms with Gasteiger partial charge in [0.1, 0.15) is 6.04 Å². The number of ether oxygens (including phenoxy) is 1. The molecule has 0 radical (unpaired) electrons. The summed E-state index contributed by atoms with van der Waals surface area (Å²) in [6, 6.07) is 16.6. The van der Waals surface area contributed by atoms with E-state index in [9.17, 15) is 9.59 Å². The molecule has 0 saturated carbocycles. The molecule has 1 heterocycles. The zero-order valence-electron chi connectivity index (χ0n) is 17.4. The van der Waals surface area contributed by atoms with Crippen LogP contribution in [0.4, 0.5) is 0 Å². The maximum absolute atomic E-state index is 13.2. The molecule has 5 nitrogen and oxygen atoms in total. The quantitative estimate of drug-likeness (QED) is 0.657. The summed E-state index contributed by atoms with van der Waals surface area (Å²) in [5, 5.41) is 3.66. The minimum Gasteiger partial charge on any atom is -0.376 e. The smallest absolute Gasteiger partial charge is 0.243 e. The highest BCUT2D eigenvalue weighted by atomic mass is 35.5. The third-order valence-electron chi connectivity index (χ3n) is 5.37. The van der Waals surface area contributed by atoms with Crippen LogP contribution in [0.3, 0.4) is 0 Å². The Bertz CT molecular complexity index is 820. The van der Waals surface area contributed by atoms with Gasteiger partial charge < -0.3 is 15.0 Å². The van der Waals surface area contributed by atoms with Gasteiger partial charge in [-0.05, 0) is 36.1 Å². The molecule has 2 atom stereocenters. The molecular weight excluding hydrogens is 400 g/mol. The van der Waals surface area contributed by atoms with Gasteiger partial charge in [0.05, 0.1) is 6.10 Å². The summed E-state index contributed by atoms with van der Waals surface area (Å²) in [5.74, 6) is -0.205. The van der Waals surface area contributed by atoms with E-state index < -0.39 is 6.04 Å². The number of carbonyl (C=O) groups is 2. The van der Waals surface area contributed by atoms with E-state index in [0.717, 1.165) is 30.6 Å². The molecule has 2 aromatic rings. The van der Waals surface area contributed by atoms with Gasteiger partial charge in [-0.3, -0.25) is 9.59 Å². The Labute approximate surface area is 183 Å². The van der Waals surface area contributed by atoms with Crippen molar-refractivity contribution in [2.45, 2.75) is 51.3 Å². The van der Waals surface area contributed by atoms with Gasteiger partial charge >= 0.3 is 0 Å². The van der Waals surface area contributed by atoms with Crippen molar-refractivity contribution in [3.05, 3.63) is 70.7 Å². The molecular formula is C24H29ClN2O3. The van der Waals surface area contributed by atoms with Crippen LogP contribution in [0, 0.1) is 0 Å². The average Bonchev–Trinajstić information content (AvgIpc) is 3.29. The number of hydrogen-bond acceptors (Lipinski definition) is 3. The largest absolute Gasteiger partial charge is 0.376 e. The molecule has 0 aliphatic carbocycles. The van der Waals surface area contributed by atoms with E-state index in [1.807, 2.05) is 49.4 Å². The van der Waals surface area contributed by atoms with Crippen molar-refractivity contribution in [3.8, 4) is 0 Å². The summed E-state index contributed by atoms with van der Waals surface area (Å²) in [7, 11) is 0. The predicted molar refractivity (Wildman–Crippen MR) is 118 cm³/mol. The Balaban J connectivity index is 1.81. The standard InChI is InChI=1S/C24H29ClN2O3/c1-2-23(28)27(17-19-10-12-20(25)13-11-19)22(15-18-7-4-3-5-8-18)24(29)26-16-21-9-6-14-30-21/h3-5,7-8,10-13,21-22H,2,6,9,14-17H2,1H3,(H,26,29). The number of rotatable bonds is 9. The van der Waals surface area contributed by atoms with Crippen molar-refractivity contribution < 1.29 is 14.3 Å². The van der Waals surface area contributed by atoms with Gasteiger partial charge in [0, 0.05) is 37.6 Å². The molecule has 160 valence electrons. The first-order valence-corrected chi connectivity index (χ1v) is 10.9. The summed E-state index contributed by atoms with van der Waals surface area (Å²) in [6.07, 6.45) is 2.81. The van der Waals surface area contributed by atoms with Crippen molar-refractivity contribution in [2.24, 2.45) is 0 Å². The number of nitrogens with one attached hydrogen (secondary N) is 1. The van der Waals surface area contributed by atoms with Crippen molar-refractivity contribution in [1.82, 2.24) is 10.2 Å². The molecule has 2 unspecified atom stereocenters. The maximum atomic E-state index is 13.2. The molecule has 6 heteroatoms. The summed E-state index contributed by atoms with van der Waals surface area (Å²) >= 11 is 6.01. The van der Waals surface area contributed by atoms with E-state index in [1.54, 1.807) is 17.0 Å². The number of amides is 2. The van der Waals surface area contributed by atoms with Crippen molar-refractivity contribution in [1.29, 1.82) is 0 Å². The van der Waals surface area contributed by atoms with Crippen LogP contribution in [0.2, 0.25) is 5.02 Å². The Morgan fingerprint density at radius 1 is 1.13 bits per heavy atom. The van der Waals surface area contributed by atoms with Crippen molar-refractivity contribution in [2.75, 3.05) is 13.2 Å². The van der Waals surface area contributed by atoms with Crippen LogP contribution in [0.25, 0.3) is 0 Å². The molecule has 1 saturated heterocycles. The van der Waals surface area contributed by atoms with E-state index in [2.05, 4.69) is 5.32 Å². The van der Waals surface area contributed by atoms with E-state index in [1.165, 1.54) is 0 Å². The lowest BCUT2D eigenvalue weighted by atomic mass is 10.0. The zero-order chi connectivity index (χ0) is 21.3. The third-order valence-corrected chi connectivity index (χ3v) is 5.62. The highest BCUT2D eigenvalue weighted by Crippen LogP contribution is 2.18. The third kappa shape index (κ3) is 6.31. The SMILES string of the molecule is CCC(=O)N(Cc1ccc(Cl)cc1)C(Cc1ccccc1)C(=O)NCC1CCCO1. The van der Waals surface area contributed by atoms with Crippen LogP contribution in [0.15, 0.2) is 54.6 Å². The maximum Gasteiger partial charge on any atom is 0.243 e. The lowest BCUT2D eigenvalue weighted by molar-refractivity contribution is -0.141. The molecule has 1 aliphatic rings. The summed E-state index contributed by atoms with van der Waals surface area (Å²) in [6.45, 7) is 3.39. The molecule has 2 amide bonds. The molecule has 1 aliphatic heterocycles. The summed E-state index contributed by atoms with van der Waals surface area (Å²) in [5.41, 5.74) is 1.95. The normalized spacial score (nSPS) is 16.8. The lowest BCUT2D eigenvalue weighted by Crippen LogP contribution is -2.51. The molecule has 1 fully saturated rings. The predicted octanol–water partition coefficient (Wildman–Crippen LogP) is 3.99. The van der Waals surface area contributed by atoms with Crippen LogP contribution in [0.5, 0.6) is 0 Å². The minimum absolute atomic E-state index is 0.0536. The second-order valence-corrected chi connectivity index (χ2v) is 8.02. The van der Waals surface area contributed by atoms with Gasteiger partial charge in [0.15, 0.2) is 0 Å². The average molecular weight is 429 g/mol. The van der Waals surface area contributed by atoms with Crippen molar-refractivity contribution in [3.63, 3.8) is 0 Å². The number of nitrogens with zero attached hydrogens (tertiary/aromatic N) is 1. The number of halogens is 1. The van der Waals surface area contributed by atoms with Gasteiger partial charge in [-0.25, -0.2) is 0 Å². The van der Waals surface area contributed by atoms with E-state index >= 15 is 0 Å². The Morgan fingerprint density at radius 2 is 1.87 bits per heavy atom. The Hall–Kier alpha value is -2.37. The first kappa shape index (κ1) is 22.3. The fourth-order valence-electron chi connectivity index (χ4n) is 3.68. The second-order valence-electron chi connectivity index (χ2n) is 7.59. The van der Waals surface area contributed by atoms with Gasteiger partial charge in [-0.2, -0.15) is 0 Å². The van der Waals surface area contributed by atoms with Crippen LogP contribution in [-0.4, -0.2) is 42.0 Å². The number of benzene rings is 2. The fraction of sp³-hybridized carbons (Fsp3) is 0.417. The molecule has 0 bridgehead atoms. The van der Waals surface area contributed by atoms with E-state index in [-0.39, 0.29) is 17.9 Å². The zero-order valence-corrected chi connectivity index (χ0v) is 18.1. The number of carbonyl (C=O) groups excluding carboxylic acids is 2. The minimum atomic E-state index is -0.600. The molecule has 2 aromatic carbocycles. The van der Waals surface area contributed by atoms with E-state index in [0.29, 0.717) is 31.0 Å². The second kappa shape index (κ2) is 11.1. The van der Waals surface area contributed by atoms with Gasteiger partial charge in [-0.1, -0.05) is 61.0 Å². The monoisotopic (exact) mass is 428 g/mol. The van der Waals surface area contributed by atoms with Gasteiger partial charge in [0.2, 0.25) is 11.8 Å². The summed E-state index contributed by atoms with van der Waals surface area (Å²) < 4.78 is 5.63. The molecule has 0 aromatic heterocycles. The van der Waals surface area contributed by atoms with Crippen molar-refractivity contribution >= 4 is 23.4 Å². The Morgan fingerprint density at radius 3 is 2.50 bits per heavy atom. The molecule has 0 spiro atoms. The first-order valence-electron chi connectivity index (χ1n) is 10.5. The Kier molecular flexibility index (Phi) is 8.29. The van der Waals surface area contributed by atoms with Crippen LogP contribution in [0.1, 0.15) is 37.3 Å². The highest BCUT2D eigenvalue weighted by molar-refractivity contribution is 6.30. The fourth-order valence-corrected chi connectivity index (χ4v) is 3.81. The van der Waals surface area contributed by atoms with Crippen LogP contribution in [-0.2, 0) is 27.3 Å². The number of hydrogen-bond donors (Lipinski definition) is 1. The summed E-state index contributed by atoms with van der Waals surface area (Å²) in [4.78, 5) is 27.8. The topological polar surface area (TPSA) is 58.6 Å². The molecule has 30 heavy (non-hydrogen) atoms. The van der Waals surface area contributed by atoms with Gasteiger partial charge in [0.25, 0.3) is 0 Å².